The summed E-state index contributed by atoms with van der Waals surface area (Å²) in [6, 6.07) is 0. The molecule has 0 aromatic rings. The van der Waals surface area contributed by atoms with E-state index in [4.69, 9.17) is 4.74 Å². The smallest absolute Gasteiger partial charge is 0.248 e. The average Bonchev–Trinajstić information content (AvgIpc) is 2.61. The Balaban J connectivity index is 2.39. The number of carbonyl (C=O) groups is 1. The fraction of sp³-hybridized carbons (Fsp3) is 0.929. The molecule has 1 heterocycles. The number of ether oxygens (including phenoxy) is 1. The summed E-state index contributed by atoms with van der Waals surface area (Å²) >= 11 is 1.98. The molecule has 2 unspecified atom stereocenters. The third-order valence-electron chi connectivity index (χ3n) is 3.45. The molecule has 0 aliphatic carbocycles. The Morgan fingerprint density at radius 1 is 1.44 bits per heavy atom. The van der Waals surface area contributed by atoms with Crippen LogP contribution in [0.5, 0.6) is 0 Å². The van der Waals surface area contributed by atoms with Gasteiger partial charge in [-0.1, -0.05) is 20.3 Å². The first kappa shape index (κ1) is 15.8. The van der Waals surface area contributed by atoms with Crippen molar-refractivity contribution in [3.05, 3.63) is 0 Å². The molecular weight excluding hydrogens is 246 g/mol. The zero-order chi connectivity index (χ0) is 13.4. The average molecular weight is 273 g/mol. The monoisotopic (exact) mass is 273 g/mol. The van der Waals surface area contributed by atoms with Crippen LogP contribution in [0.4, 0.5) is 0 Å². The van der Waals surface area contributed by atoms with E-state index in [1.54, 1.807) is 0 Å². The van der Waals surface area contributed by atoms with Crippen molar-refractivity contribution in [1.82, 2.24) is 4.90 Å². The number of thioether (sulfide) groups is 1. The molecule has 1 aliphatic heterocycles. The molecule has 1 fully saturated rings. The van der Waals surface area contributed by atoms with Crippen molar-refractivity contribution in [2.75, 3.05) is 25.4 Å². The third kappa shape index (κ3) is 5.61. The normalized spacial score (nSPS) is 22.6. The Kier molecular flexibility index (Phi) is 7.75. The highest BCUT2D eigenvalue weighted by atomic mass is 32.2. The summed E-state index contributed by atoms with van der Waals surface area (Å²) in [5.41, 5.74) is 0. The maximum absolute atomic E-state index is 12.1. The highest BCUT2D eigenvalue weighted by molar-refractivity contribution is 7.99. The Morgan fingerprint density at radius 2 is 2.22 bits per heavy atom. The van der Waals surface area contributed by atoms with Gasteiger partial charge in [0.1, 0.15) is 6.61 Å². The van der Waals surface area contributed by atoms with Crippen molar-refractivity contribution in [2.24, 2.45) is 0 Å². The van der Waals surface area contributed by atoms with Crippen LogP contribution < -0.4 is 0 Å². The van der Waals surface area contributed by atoms with Crippen LogP contribution in [-0.2, 0) is 9.53 Å². The lowest BCUT2D eigenvalue weighted by Crippen LogP contribution is -2.38. The van der Waals surface area contributed by atoms with E-state index in [1.807, 2.05) is 23.6 Å². The zero-order valence-electron chi connectivity index (χ0n) is 12.0. The van der Waals surface area contributed by atoms with Gasteiger partial charge in [0.2, 0.25) is 5.91 Å². The largest absolute Gasteiger partial charge is 0.369 e. The molecule has 0 saturated carbocycles. The third-order valence-corrected chi connectivity index (χ3v) is 4.64. The van der Waals surface area contributed by atoms with Gasteiger partial charge in [-0.3, -0.25) is 4.79 Å². The van der Waals surface area contributed by atoms with Crippen LogP contribution >= 0.6 is 11.8 Å². The Hall–Kier alpha value is -0.220. The molecule has 0 aromatic carbocycles. The van der Waals surface area contributed by atoms with Crippen LogP contribution in [0.15, 0.2) is 0 Å². The van der Waals surface area contributed by atoms with Gasteiger partial charge in [0, 0.05) is 18.3 Å². The van der Waals surface area contributed by atoms with Crippen LogP contribution in [0.1, 0.15) is 46.5 Å². The maximum Gasteiger partial charge on any atom is 0.248 e. The SMILES string of the molecule is CCSC1CCCCN(C(=O)COC(C)CC)C1. The Labute approximate surface area is 116 Å². The lowest BCUT2D eigenvalue weighted by Gasteiger charge is -2.24. The number of nitrogens with zero attached hydrogens (tertiary/aromatic N) is 1. The van der Waals surface area contributed by atoms with Gasteiger partial charge in [0.15, 0.2) is 0 Å². The van der Waals surface area contributed by atoms with E-state index in [-0.39, 0.29) is 18.6 Å². The topological polar surface area (TPSA) is 29.5 Å². The number of likely N-dealkylation sites (tertiary alicyclic amines) is 1. The first-order valence-electron chi connectivity index (χ1n) is 7.18. The second-order valence-electron chi connectivity index (χ2n) is 4.94. The van der Waals surface area contributed by atoms with Gasteiger partial charge in [-0.2, -0.15) is 11.8 Å². The molecule has 1 rings (SSSR count). The van der Waals surface area contributed by atoms with Crippen LogP contribution in [0.2, 0.25) is 0 Å². The quantitative estimate of drug-likeness (QED) is 0.745. The minimum absolute atomic E-state index is 0.166. The van der Waals surface area contributed by atoms with Gasteiger partial charge in [-0.25, -0.2) is 0 Å². The molecule has 2 atom stereocenters. The highest BCUT2D eigenvalue weighted by Crippen LogP contribution is 2.22. The first-order chi connectivity index (χ1) is 8.67. The van der Waals surface area contributed by atoms with E-state index in [9.17, 15) is 4.79 Å². The van der Waals surface area contributed by atoms with E-state index in [0.29, 0.717) is 5.25 Å². The van der Waals surface area contributed by atoms with E-state index in [1.165, 1.54) is 12.8 Å². The molecule has 18 heavy (non-hydrogen) atoms. The number of carbonyl (C=O) groups excluding carboxylic acids is 1. The zero-order valence-corrected chi connectivity index (χ0v) is 12.8. The van der Waals surface area contributed by atoms with Crippen molar-refractivity contribution in [1.29, 1.82) is 0 Å². The highest BCUT2D eigenvalue weighted by Gasteiger charge is 2.22. The number of hydrogen-bond donors (Lipinski definition) is 0. The number of hydrogen-bond acceptors (Lipinski definition) is 3. The molecule has 0 N–H and O–H groups in total. The van der Waals surface area contributed by atoms with Crippen LogP contribution in [0, 0.1) is 0 Å². The van der Waals surface area contributed by atoms with Crippen molar-refractivity contribution in [3.63, 3.8) is 0 Å². The van der Waals surface area contributed by atoms with Gasteiger partial charge in [0.25, 0.3) is 0 Å². The van der Waals surface area contributed by atoms with Crippen molar-refractivity contribution < 1.29 is 9.53 Å². The summed E-state index contributed by atoms with van der Waals surface area (Å²) < 4.78 is 5.54. The maximum atomic E-state index is 12.1. The molecule has 0 radical (unpaired) electrons. The van der Waals surface area contributed by atoms with Crippen LogP contribution in [0.25, 0.3) is 0 Å². The molecule has 4 heteroatoms. The molecule has 0 spiro atoms. The van der Waals surface area contributed by atoms with E-state index >= 15 is 0 Å². The second-order valence-corrected chi connectivity index (χ2v) is 6.52. The van der Waals surface area contributed by atoms with Gasteiger partial charge in [-0.05, 0) is 31.9 Å². The summed E-state index contributed by atoms with van der Waals surface area (Å²) in [5.74, 6) is 1.30. The molecule has 3 nitrogen and oxygen atoms in total. The summed E-state index contributed by atoms with van der Waals surface area (Å²) in [6.45, 7) is 8.34. The summed E-state index contributed by atoms with van der Waals surface area (Å²) in [6.07, 6.45) is 4.77. The summed E-state index contributed by atoms with van der Waals surface area (Å²) in [4.78, 5) is 14.1. The van der Waals surface area contributed by atoms with Gasteiger partial charge >= 0.3 is 0 Å². The van der Waals surface area contributed by atoms with E-state index < -0.39 is 0 Å². The summed E-state index contributed by atoms with van der Waals surface area (Å²) in [7, 11) is 0. The summed E-state index contributed by atoms with van der Waals surface area (Å²) in [5, 5.41) is 0.616. The Morgan fingerprint density at radius 3 is 2.89 bits per heavy atom. The van der Waals surface area contributed by atoms with Crippen LogP contribution in [0.3, 0.4) is 0 Å². The second kappa shape index (κ2) is 8.81. The minimum Gasteiger partial charge on any atom is -0.369 e. The molecule has 1 aliphatic rings. The lowest BCUT2D eigenvalue weighted by atomic mass is 10.2. The molecule has 0 aromatic heterocycles. The minimum atomic E-state index is 0.166. The van der Waals surface area contributed by atoms with Crippen molar-refractivity contribution in [2.45, 2.75) is 57.8 Å². The van der Waals surface area contributed by atoms with E-state index in [0.717, 1.165) is 31.7 Å². The Bertz CT molecular complexity index is 248. The standard InChI is InChI=1S/C14H27NO2S/c1-4-12(3)17-11-14(16)15-9-7-6-8-13(10-15)18-5-2/h12-13H,4-11H2,1-3H3. The van der Waals surface area contributed by atoms with Gasteiger partial charge in [-0.15, -0.1) is 0 Å². The van der Waals surface area contributed by atoms with Crippen LogP contribution in [-0.4, -0.2) is 47.6 Å². The molecule has 106 valence electrons. The molecule has 1 amide bonds. The lowest BCUT2D eigenvalue weighted by molar-refractivity contribution is -0.137. The predicted octanol–water partition coefficient (Wildman–Crippen LogP) is 2.94. The molecule has 1 saturated heterocycles. The first-order valence-corrected chi connectivity index (χ1v) is 8.23. The van der Waals surface area contributed by atoms with Crippen molar-refractivity contribution in [3.8, 4) is 0 Å². The number of rotatable bonds is 6. The fourth-order valence-electron chi connectivity index (χ4n) is 2.12. The fourth-order valence-corrected chi connectivity index (χ4v) is 3.21. The van der Waals surface area contributed by atoms with E-state index in [2.05, 4.69) is 13.8 Å². The van der Waals surface area contributed by atoms with Crippen molar-refractivity contribution >= 4 is 17.7 Å². The van der Waals surface area contributed by atoms with Gasteiger partial charge < -0.3 is 9.64 Å². The number of amides is 1. The molecule has 0 bridgehead atoms. The predicted molar refractivity (Wildman–Crippen MR) is 78.1 cm³/mol. The molecular formula is C14H27NO2S. The van der Waals surface area contributed by atoms with Gasteiger partial charge in [0.05, 0.1) is 6.10 Å².